The van der Waals surface area contributed by atoms with Crippen molar-refractivity contribution in [2.45, 2.75) is 31.6 Å². The van der Waals surface area contributed by atoms with Crippen LogP contribution >= 0.6 is 0 Å². The van der Waals surface area contributed by atoms with E-state index in [9.17, 15) is 13.2 Å². The number of hydrogen-bond acceptors (Lipinski definition) is 5. The normalized spacial score (nSPS) is 15.1. The summed E-state index contributed by atoms with van der Waals surface area (Å²) in [6, 6.07) is 12.5. The number of nitrogens with zero attached hydrogens (tertiary/aromatic N) is 1. The molecule has 0 saturated heterocycles. The van der Waals surface area contributed by atoms with Crippen molar-refractivity contribution in [2.24, 2.45) is 5.10 Å². The minimum atomic E-state index is -3.87. The van der Waals surface area contributed by atoms with Crippen LogP contribution in [0.5, 0.6) is 5.75 Å². The third kappa shape index (κ3) is 5.23. The largest absolute Gasteiger partial charge is 0.494 e. The van der Waals surface area contributed by atoms with Gasteiger partial charge in [0.15, 0.2) is 0 Å². The summed E-state index contributed by atoms with van der Waals surface area (Å²) in [6.07, 6.45) is 3.63. The van der Waals surface area contributed by atoms with Gasteiger partial charge in [-0.25, -0.2) is 13.8 Å². The summed E-state index contributed by atoms with van der Waals surface area (Å²) in [5.41, 5.74) is 4.87. The van der Waals surface area contributed by atoms with Crippen molar-refractivity contribution >= 4 is 27.3 Å². The second-order valence-corrected chi connectivity index (χ2v) is 8.27. The number of para-hydroxylation sites is 1. The van der Waals surface area contributed by atoms with Gasteiger partial charge in [0.1, 0.15) is 5.75 Å². The van der Waals surface area contributed by atoms with Gasteiger partial charge in [-0.1, -0.05) is 17.7 Å². The second kappa shape index (κ2) is 8.91. The average molecular weight is 413 g/mol. The van der Waals surface area contributed by atoms with Gasteiger partial charge in [0.25, 0.3) is 15.9 Å². The Kier molecular flexibility index (Phi) is 6.33. The first-order chi connectivity index (χ1) is 13.9. The molecule has 0 aromatic heterocycles. The molecule has 2 aromatic rings. The fraction of sp³-hybridized carbons (Fsp3) is 0.238. The van der Waals surface area contributed by atoms with Gasteiger partial charge in [0, 0.05) is 0 Å². The van der Waals surface area contributed by atoms with Crippen LogP contribution < -0.4 is 14.9 Å². The zero-order valence-electron chi connectivity index (χ0n) is 16.3. The monoisotopic (exact) mass is 413 g/mol. The van der Waals surface area contributed by atoms with Crippen LogP contribution in [0.4, 0.5) is 5.69 Å². The van der Waals surface area contributed by atoms with E-state index in [0.29, 0.717) is 12.4 Å². The molecule has 0 aliphatic heterocycles. The first-order valence-corrected chi connectivity index (χ1v) is 10.8. The lowest BCUT2D eigenvalue weighted by Gasteiger charge is -2.12. The van der Waals surface area contributed by atoms with Crippen LogP contribution in [0.15, 0.2) is 70.2 Å². The Morgan fingerprint density at radius 3 is 2.48 bits per heavy atom. The van der Waals surface area contributed by atoms with E-state index in [1.165, 1.54) is 23.8 Å². The van der Waals surface area contributed by atoms with Crippen molar-refractivity contribution in [3.05, 3.63) is 65.7 Å². The van der Waals surface area contributed by atoms with Crippen molar-refractivity contribution in [3.8, 4) is 5.75 Å². The van der Waals surface area contributed by atoms with E-state index in [2.05, 4.69) is 15.2 Å². The van der Waals surface area contributed by atoms with Crippen molar-refractivity contribution < 1.29 is 17.9 Å². The van der Waals surface area contributed by atoms with E-state index in [-0.39, 0.29) is 16.1 Å². The Balaban J connectivity index is 1.78. The molecule has 152 valence electrons. The van der Waals surface area contributed by atoms with Crippen LogP contribution in [0.3, 0.4) is 0 Å². The Labute approximate surface area is 170 Å². The molecule has 3 rings (SSSR count). The molecule has 0 fully saturated rings. The first kappa shape index (κ1) is 20.6. The number of sulfonamides is 1. The third-order valence-corrected chi connectivity index (χ3v) is 5.73. The van der Waals surface area contributed by atoms with Crippen LogP contribution in [-0.2, 0) is 10.0 Å². The minimum Gasteiger partial charge on any atom is -0.494 e. The molecule has 0 radical (unpaired) electrons. The number of rotatable bonds is 7. The van der Waals surface area contributed by atoms with Gasteiger partial charge < -0.3 is 4.74 Å². The highest BCUT2D eigenvalue weighted by Gasteiger charge is 2.19. The first-order valence-electron chi connectivity index (χ1n) is 9.28. The fourth-order valence-electron chi connectivity index (χ4n) is 2.88. The van der Waals surface area contributed by atoms with Gasteiger partial charge in [-0.05, 0) is 69.2 Å². The van der Waals surface area contributed by atoms with Gasteiger partial charge in [-0.15, -0.1) is 0 Å². The molecule has 0 heterocycles. The van der Waals surface area contributed by atoms with E-state index in [1.54, 1.807) is 30.3 Å². The van der Waals surface area contributed by atoms with Gasteiger partial charge in [0.2, 0.25) is 0 Å². The molecule has 7 nitrogen and oxygen atoms in total. The zero-order chi connectivity index (χ0) is 20.9. The van der Waals surface area contributed by atoms with Crippen molar-refractivity contribution in [1.82, 2.24) is 5.43 Å². The number of carbonyl (C=O) groups is 1. The third-order valence-electron chi connectivity index (χ3n) is 4.35. The van der Waals surface area contributed by atoms with Crippen LogP contribution in [0.25, 0.3) is 0 Å². The van der Waals surface area contributed by atoms with Gasteiger partial charge in [-0.2, -0.15) is 5.10 Å². The zero-order valence-corrected chi connectivity index (χ0v) is 17.1. The molecular weight excluding hydrogens is 390 g/mol. The SMILES string of the molecule is CCOc1ccc(S(=O)(=O)Nc2ccccc2C(=O)NN=C2C=C(C)CC2)cc1. The van der Waals surface area contributed by atoms with E-state index in [4.69, 9.17) is 4.74 Å². The lowest BCUT2D eigenvalue weighted by molar-refractivity contribution is 0.0955. The topological polar surface area (TPSA) is 96.9 Å². The molecule has 0 unspecified atom stereocenters. The number of allylic oxidation sites excluding steroid dienone is 2. The number of hydrogen-bond donors (Lipinski definition) is 2. The van der Waals surface area contributed by atoms with E-state index < -0.39 is 15.9 Å². The standard InChI is InChI=1S/C21H23N3O4S/c1-3-28-17-10-12-18(13-11-17)29(26,27)24-20-7-5-4-6-19(20)21(25)23-22-16-9-8-15(2)14-16/h4-7,10-14,24H,3,8-9H2,1-2H3,(H,23,25). The van der Waals surface area contributed by atoms with Gasteiger partial charge >= 0.3 is 0 Å². The quantitative estimate of drug-likeness (QED) is 0.676. The fourth-order valence-corrected chi connectivity index (χ4v) is 3.96. The molecule has 1 amide bonds. The number of carbonyl (C=O) groups excluding carboxylic acids is 1. The molecule has 1 aliphatic rings. The molecule has 0 bridgehead atoms. The summed E-state index contributed by atoms with van der Waals surface area (Å²) in [7, 11) is -3.87. The van der Waals surface area contributed by atoms with Crippen molar-refractivity contribution in [3.63, 3.8) is 0 Å². The number of benzene rings is 2. The summed E-state index contributed by atoms with van der Waals surface area (Å²) in [4.78, 5) is 12.6. The maximum absolute atomic E-state index is 12.7. The number of anilines is 1. The van der Waals surface area contributed by atoms with E-state index in [1.807, 2.05) is 19.9 Å². The van der Waals surface area contributed by atoms with Crippen LogP contribution in [0, 0.1) is 0 Å². The molecule has 1 aliphatic carbocycles. The van der Waals surface area contributed by atoms with Gasteiger partial charge in [0.05, 0.1) is 28.5 Å². The summed E-state index contributed by atoms with van der Waals surface area (Å²) >= 11 is 0. The highest BCUT2D eigenvalue weighted by molar-refractivity contribution is 7.92. The predicted molar refractivity (Wildman–Crippen MR) is 113 cm³/mol. The maximum atomic E-state index is 12.7. The Morgan fingerprint density at radius 1 is 1.10 bits per heavy atom. The van der Waals surface area contributed by atoms with Gasteiger partial charge in [-0.3, -0.25) is 9.52 Å². The van der Waals surface area contributed by atoms with Crippen LogP contribution in [-0.4, -0.2) is 26.6 Å². The lowest BCUT2D eigenvalue weighted by Crippen LogP contribution is -2.22. The maximum Gasteiger partial charge on any atom is 0.273 e. The van der Waals surface area contributed by atoms with E-state index in [0.717, 1.165) is 18.6 Å². The molecule has 29 heavy (non-hydrogen) atoms. The van der Waals surface area contributed by atoms with E-state index >= 15 is 0 Å². The lowest BCUT2D eigenvalue weighted by atomic mass is 10.2. The summed E-state index contributed by atoms with van der Waals surface area (Å²) in [5, 5.41) is 4.12. The molecule has 0 atom stereocenters. The van der Waals surface area contributed by atoms with Crippen molar-refractivity contribution in [2.75, 3.05) is 11.3 Å². The Morgan fingerprint density at radius 2 is 1.83 bits per heavy atom. The van der Waals surface area contributed by atoms with Crippen molar-refractivity contribution in [1.29, 1.82) is 0 Å². The van der Waals surface area contributed by atoms with Crippen LogP contribution in [0.2, 0.25) is 0 Å². The number of hydrazone groups is 1. The molecule has 2 aromatic carbocycles. The number of nitrogens with one attached hydrogen (secondary N) is 2. The highest BCUT2D eigenvalue weighted by Crippen LogP contribution is 2.22. The minimum absolute atomic E-state index is 0.0722. The predicted octanol–water partition coefficient (Wildman–Crippen LogP) is 3.71. The highest BCUT2D eigenvalue weighted by atomic mass is 32.2. The van der Waals surface area contributed by atoms with Crippen LogP contribution in [0.1, 0.15) is 37.0 Å². The summed E-state index contributed by atoms with van der Waals surface area (Å²) in [5.74, 6) is 0.0991. The number of amides is 1. The Bertz CT molecular complexity index is 1060. The molecular formula is C21H23N3O4S. The molecule has 2 N–H and O–H groups in total. The molecule has 0 saturated carbocycles. The second-order valence-electron chi connectivity index (χ2n) is 6.59. The number of ether oxygens (including phenoxy) is 1. The summed E-state index contributed by atoms with van der Waals surface area (Å²) < 4.78 is 33.3. The molecule has 0 spiro atoms. The summed E-state index contributed by atoms with van der Waals surface area (Å²) in [6.45, 7) is 4.35. The molecule has 8 heteroatoms. The Hall–Kier alpha value is -3.13. The smallest absolute Gasteiger partial charge is 0.273 e. The average Bonchev–Trinajstić information content (AvgIpc) is 3.12.